The molecular formula is C16H20O2. The first-order valence-electron chi connectivity index (χ1n) is 7.12. The van der Waals surface area contributed by atoms with Crippen LogP contribution >= 0.6 is 0 Å². The van der Waals surface area contributed by atoms with Crippen LogP contribution in [0.25, 0.3) is 0 Å². The van der Waals surface area contributed by atoms with Gasteiger partial charge in [-0.3, -0.25) is 4.79 Å². The Kier molecular flexibility index (Phi) is 3.35. The second-order valence-corrected chi connectivity index (χ2v) is 5.52. The molecule has 0 bridgehead atoms. The van der Waals surface area contributed by atoms with Gasteiger partial charge in [0.1, 0.15) is 5.75 Å². The topological polar surface area (TPSA) is 26.3 Å². The number of benzene rings is 1. The largest absolute Gasteiger partial charge is 0.493 e. The molecule has 0 heterocycles. The molecule has 1 saturated carbocycles. The van der Waals surface area contributed by atoms with E-state index in [1.54, 1.807) is 0 Å². The summed E-state index contributed by atoms with van der Waals surface area (Å²) >= 11 is 0. The van der Waals surface area contributed by atoms with E-state index >= 15 is 0 Å². The molecule has 1 fully saturated rings. The van der Waals surface area contributed by atoms with Crippen LogP contribution in [0.2, 0.25) is 0 Å². The van der Waals surface area contributed by atoms with Gasteiger partial charge in [-0.25, -0.2) is 0 Å². The molecule has 3 rings (SSSR count). The Morgan fingerprint density at radius 3 is 2.78 bits per heavy atom. The SMILES string of the molecule is O=C1CCCc2c(OCC3CCCC3)cccc21. The molecule has 2 aliphatic carbocycles. The molecule has 0 aliphatic heterocycles. The van der Waals surface area contributed by atoms with Crippen LogP contribution in [0.5, 0.6) is 5.75 Å². The van der Waals surface area contributed by atoms with Crippen LogP contribution in [0.15, 0.2) is 18.2 Å². The van der Waals surface area contributed by atoms with Gasteiger partial charge in [-0.15, -0.1) is 0 Å². The van der Waals surface area contributed by atoms with E-state index in [0.29, 0.717) is 6.42 Å². The van der Waals surface area contributed by atoms with Crippen LogP contribution in [0.3, 0.4) is 0 Å². The molecule has 96 valence electrons. The molecule has 0 unspecified atom stereocenters. The van der Waals surface area contributed by atoms with Gasteiger partial charge in [-0.1, -0.05) is 25.0 Å². The van der Waals surface area contributed by atoms with Gasteiger partial charge < -0.3 is 4.74 Å². The van der Waals surface area contributed by atoms with Crippen molar-refractivity contribution in [3.8, 4) is 5.75 Å². The molecule has 2 nitrogen and oxygen atoms in total. The molecule has 1 aromatic rings. The molecule has 0 N–H and O–H groups in total. The van der Waals surface area contributed by atoms with Crippen molar-refractivity contribution in [1.29, 1.82) is 0 Å². The number of fused-ring (bicyclic) bond motifs is 1. The lowest BCUT2D eigenvalue weighted by atomic mass is 9.90. The van der Waals surface area contributed by atoms with Gasteiger partial charge in [0.25, 0.3) is 0 Å². The summed E-state index contributed by atoms with van der Waals surface area (Å²) in [5.41, 5.74) is 2.04. The van der Waals surface area contributed by atoms with Crippen molar-refractivity contribution >= 4 is 5.78 Å². The van der Waals surface area contributed by atoms with Crippen molar-refractivity contribution in [1.82, 2.24) is 0 Å². The first-order chi connectivity index (χ1) is 8.84. The Morgan fingerprint density at radius 2 is 1.94 bits per heavy atom. The van der Waals surface area contributed by atoms with E-state index in [1.165, 1.54) is 25.7 Å². The average molecular weight is 244 g/mol. The quantitative estimate of drug-likeness (QED) is 0.809. The van der Waals surface area contributed by atoms with Crippen LogP contribution in [0, 0.1) is 5.92 Å². The Hall–Kier alpha value is -1.31. The third kappa shape index (κ3) is 2.29. The van der Waals surface area contributed by atoms with E-state index in [1.807, 2.05) is 18.2 Å². The summed E-state index contributed by atoms with van der Waals surface area (Å²) in [6, 6.07) is 5.91. The van der Waals surface area contributed by atoms with E-state index in [-0.39, 0.29) is 5.78 Å². The van der Waals surface area contributed by atoms with Crippen molar-refractivity contribution < 1.29 is 9.53 Å². The minimum atomic E-state index is 0.280. The molecule has 2 heteroatoms. The summed E-state index contributed by atoms with van der Waals surface area (Å²) in [6.07, 6.45) is 7.94. The van der Waals surface area contributed by atoms with Crippen LogP contribution < -0.4 is 4.74 Å². The Balaban J connectivity index is 1.75. The highest BCUT2D eigenvalue weighted by Gasteiger charge is 2.21. The summed E-state index contributed by atoms with van der Waals surface area (Å²) in [6.45, 7) is 0.824. The Labute approximate surface area is 108 Å². The molecular weight excluding hydrogens is 224 g/mol. The number of ketones is 1. The average Bonchev–Trinajstić information content (AvgIpc) is 2.90. The van der Waals surface area contributed by atoms with Crippen molar-refractivity contribution in [2.45, 2.75) is 44.9 Å². The van der Waals surface area contributed by atoms with E-state index < -0.39 is 0 Å². The predicted molar refractivity (Wildman–Crippen MR) is 71.2 cm³/mol. The molecule has 18 heavy (non-hydrogen) atoms. The second kappa shape index (κ2) is 5.13. The first-order valence-corrected chi connectivity index (χ1v) is 7.12. The van der Waals surface area contributed by atoms with Gasteiger partial charge in [0.05, 0.1) is 6.61 Å². The number of ether oxygens (including phenoxy) is 1. The highest BCUT2D eigenvalue weighted by molar-refractivity contribution is 5.99. The van der Waals surface area contributed by atoms with Crippen molar-refractivity contribution in [3.63, 3.8) is 0 Å². The van der Waals surface area contributed by atoms with Gasteiger partial charge >= 0.3 is 0 Å². The van der Waals surface area contributed by atoms with E-state index in [4.69, 9.17) is 4.74 Å². The first kappa shape index (κ1) is 11.8. The van der Waals surface area contributed by atoms with Crippen LogP contribution in [0.1, 0.15) is 54.4 Å². The van der Waals surface area contributed by atoms with Gasteiger partial charge in [0, 0.05) is 17.5 Å². The molecule has 0 saturated heterocycles. The summed E-state index contributed by atoms with van der Waals surface area (Å²) in [4.78, 5) is 11.8. The van der Waals surface area contributed by atoms with Gasteiger partial charge in [0.2, 0.25) is 0 Å². The number of carbonyl (C=O) groups excluding carboxylic acids is 1. The Morgan fingerprint density at radius 1 is 1.11 bits per heavy atom. The maximum atomic E-state index is 11.8. The fraction of sp³-hybridized carbons (Fsp3) is 0.562. The molecule has 0 amide bonds. The van der Waals surface area contributed by atoms with E-state index in [9.17, 15) is 4.79 Å². The Bertz CT molecular complexity index is 444. The summed E-state index contributed by atoms with van der Waals surface area (Å²) < 4.78 is 5.98. The zero-order valence-electron chi connectivity index (χ0n) is 10.8. The summed E-state index contributed by atoms with van der Waals surface area (Å²) in [7, 11) is 0. The monoisotopic (exact) mass is 244 g/mol. The normalized spacial score (nSPS) is 19.9. The van der Waals surface area contributed by atoms with Gasteiger partial charge in [0.15, 0.2) is 5.78 Å². The lowest BCUT2D eigenvalue weighted by Gasteiger charge is -2.20. The minimum absolute atomic E-state index is 0.280. The lowest BCUT2D eigenvalue weighted by Crippen LogP contribution is -2.14. The van der Waals surface area contributed by atoms with E-state index in [0.717, 1.165) is 42.2 Å². The third-order valence-corrected chi connectivity index (χ3v) is 4.21. The number of carbonyl (C=O) groups is 1. The van der Waals surface area contributed by atoms with Gasteiger partial charge in [-0.05, 0) is 37.7 Å². The number of rotatable bonds is 3. The summed E-state index contributed by atoms with van der Waals surface area (Å²) in [5.74, 6) is 1.95. The summed E-state index contributed by atoms with van der Waals surface area (Å²) in [5, 5.41) is 0. The fourth-order valence-corrected chi connectivity index (χ4v) is 3.17. The van der Waals surface area contributed by atoms with Crippen LogP contribution in [-0.4, -0.2) is 12.4 Å². The maximum absolute atomic E-state index is 11.8. The van der Waals surface area contributed by atoms with Gasteiger partial charge in [-0.2, -0.15) is 0 Å². The molecule has 0 atom stereocenters. The smallest absolute Gasteiger partial charge is 0.163 e. The lowest BCUT2D eigenvalue weighted by molar-refractivity contribution is 0.0971. The van der Waals surface area contributed by atoms with Crippen LogP contribution in [-0.2, 0) is 6.42 Å². The number of hydrogen-bond donors (Lipinski definition) is 0. The number of Topliss-reactive ketones (excluding diaryl/α,β-unsaturated/α-hetero) is 1. The minimum Gasteiger partial charge on any atom is -0.493 e. The van der Waals surface area contributed by atoms with Crippen molar-refractivity contribution in [2.75, 3.05) is 6.61 Å². The van der Waals surface area contributed by atoms with Crippen LogP contribution in [0.4, 0.5) is 0 Å². The number of hydrogen-bond acceptors (Lipinski definition) is 2. The highest BCUT2D eigenvalue weighted by Crippen LogP contribution is 2.31. The highest BCUT2D eigenvalue weighted by atomic mass is 16.5. The molecule has 0 radical (unpaired) electrons. The zero-order valence-corrected chi connectivity index (χ0v) is 10.8. The van der Waals surface area contributed by atoms with Crippen molar-refractivity contribution in [3.05, 3.63) is 29.3 Å². The maximum Gasteiger partial charge on any atom is 0.163 e. The predicted octanol–water partition coefficient (Wildman–Crippen LogP) is 3.77. The molecule has 1 aromatic carbocycles. The van der Waals surface area contributed by atoms with Crippen molar-refractivity contribution in [2.24, 2.45) is 5.92 Å². The molecule has 2 aliphatic rings. The molecule has 0 spiro atoms. The zero-order chi connectivity index (χ0) is 12.4. The fourth-order valence-electron chi connectivity index (χ4n) is 3.17. The second-order valence-electron chi connectivity index (χ2n) is 5.52. The standard InChI is InChI=1S/C16H20O2/c17-15-9-3-8-14-13(15)7-4-10-16(14)18-11-12-5-1-2-6-12/h4,7,10,12H,1-3,5-6,8-9,11H2. The third-order valence-electron chi connectivity index (χ3n) is 4.21. The molecule has 0 aromatic heterocycles. The van der Waals surface area contributed by atoms with E-state index in [2.05, 4.69) is 0 Å².